The summed E-state index contributed by atoms with van der Waals surface area (Å²) in [7, 11) is 0. The number of amidine groups is 1. The third kappa shape index (κ3) is 7.95. The molecule has 2 amide bonds. The van der Waals surface area contributed by atoms with Gasteiger partial charge in [-0.05, 0) is 60.2 Å². The lowest BCUT2D eigenvalue weighted by Gasteiger charge is -2.21. The minimum absolute atomic E-state index is 0.185. The second kappa shape index (κ2) is 13.3. The highest BCUT2D eigenvalue weighted by Gasteiger charge is 2.31. The van der Waals surface area contributed by atoms with E-state index in [1.807, 2.05) is 36.4 Å². The van der Waals surface area contributed by atoms with Gasteiger partial charge in [-0.2, -0.15) is 4.99 Å². The van der Waals surface area contributed by atoms with E-state index in [4.69, 9.17) is 0 Å². The standard InChI is InChI=1S/C31H31F3N6O2S/c1-3-23-6-4-5-7-27(23)39-16-17-43-30(39)37-29(41)35-19-21(2)18-22-8-10-24(11-9-22)28-36-20-40(38-28)25-12-14-26(15-13-25)42-31(32,33)34/h4-15,20-21H,3,16-19H2,1-2H3,(H,35,41). The number of nitrogens with one attached hydrogen (secondary N) is 1. The molecule has 43 heavy (non-hydrogen) atoms. The smallest absolute Gasteiger partial charge is 0.406 e. The van der Waals surface area contributed by atoms with Gasteiger partial charge in [0.1, 0.15) is 12.1 Å². The first kappa shape index (κ1) is 30.1. The minimum Gasteiger partial charge on any atom is -0.406 e. The number of carbonyl (C=O) groups excluding carboxylic acids is 1. The van der Waals surface area contributed by atoms with Crippen molar-refractivity contribution in [3.8, 4) is 22.8 Å². The molecular weight excluding hydrogens is 577 g/mol. The van der Waals surface area contributed by atoms with Crippen LogP contribution in [0.2, 0.25) is 0 Å². The van der Waals surface area contributed by atoms with Gasteiger partial charge in [0.25, 0.3) is 0 Å². The number of benzene rings is 3. The molecule has 1 aliphatic heterocycles. The highest BCUT2D eigenvalue weighted by atomic mass is 32.2. The van der Waals surface area contributed by atoms with Crippen LogP contribution in [0.1, 0.15) is 25.0 Å². The molecule has 0 saturated carbocycles. The van der Waals surface area contributed by atoms with E-state index in [1.165, 1.54) is 40.8 Å². The maximum absolute atomic E-state index is 12.7. The van der Waals surface area contributed by atoms with E-state index in [9.17, 15) is 18.0 Å². The Morgan fingerprint density at radius 2 is 1.84 bits per heavy atom. The maximum atomic E-state index is 12.7. The molecule has 4 aromatic rings. The van der Waals surface area contributed by atoms with Crippen LogP contribution in [-0.2, 0) is 12.8 Å². The Kier molecular flexibility index (Phi) is 9.34. The van der Waals surface area contributed by atoms with Crippen molar-refractivity contribution < 1.29 is 22.7 Å². The van der Waals surface area contributed by atoms with Gasteiger partial charge in [-0.25, -0.2) is 14.5 Å². The summed E-state index contributed by atoms with van der Waals surface area (Å²) < 4.78 is 42.6. The second-order valence-electron chi connectivity index (χ2n) is 10.1. The summed E-state index contributed by atoms with van der Waals surface area (Å²) in [6, 6.07) is 21.1. The number of aryl methyl sites for hydroxylation is 1. The number of anilines is 1. The third-order valence-electron chi connectivity index (χ3n) is 6.86. The Balaban J connectivity index is 1.13. The first-order chi connectivity index (χ1) is 20.7. The summed E-state index contributed by atoms with van der Waals surface area (Å²) in [6.45, 7) is 5.51. The van der Waals surface area contributed by atoms with Gasteiger partial charge in [0.2, 0.25) is 0 Å². The van der Waals surface area contributed by atoms with Gasteiger partial charge in [0.15, 0.2) is 11.0 Å². The molecule has 12 heteroatoms. The Morgan fingerprint density at radius 1 is 1.09 bits per heavy atom. The highest BCUT2D eigenvalue weighted by Crippen LogP contribution is 2.29. The Morgan fingerprint density at radius 3 is 2.56 bits per heavy atom. The topological polar surface area (TPSA) is 84.6 Å². The number of urea groups is 1. The van der Waals surface area contributed by atoms with Gasteiger partial charge in [-0.3, -0.25) is 0 Å². The molecule has 0 aliphatic carbocycles. The summed E-state index contributed by atoms with van der Waals surface area (Å²) >= 11 is 1.59. The number of halogens is 3. The van der Waals surface area contributed by atoms with Gasteiger partial charge in [0.05, 0.1) is 5.69 Å². The van der Waals surface area contributed by atoms with Crippen molar-refractivity contribution in [2.75, 3.05) is 23.7 Å². The molecule has 1 atom stereocenters. The van der Waals surface area contributed by atoms with Crippen LogP contribution in [0.5, 0.6) is 5.75 Å². The lowest BCUT2D eigenvalue weighted by Crippen LogP contribution is -2.30. The fourth-order valence-electron chi connectivity index (χ4n) is 4.76. The number of amides is 2. The molecule has 5 rings (SSSR count). The molecule has 224 valence electrons. The zero-order chi connectivity index (χ0) is 30.4. The number of thioether (sulfide) groups is 1. The summed E-state index contributed by atoms with van der Waals surface area (Å²) in [5.74, 6) is 1.26. The average molecular weight is 609 g/mol. The number of ether oxygens (including phenoxy) is 1. The third-order valence-corrected chi connectivity index (χ3v) is 7.82. The van der Waals surface area contributed by atoms with E-state index < -0.39 is 6.36 Å². The van der Waals surface area contributed by atoms with Crippen LogP contribution < -0.4 is 15.0 Å². The van der Waals surface area contributed by atoms with E-state index in [-0.39, 0.29) is 17.7 Å². The van der Waals surface area contributed by atoms with Crippen LogP contribution >= 0.6 is 11.8 Å². The number of carbonyl (C=O) groups is 1. The van der Waals surface area contributed by atoms with Crippen molar-refractivity contribution in [1.82, 2.24) is 20.1 Å². The number of alkyl halides is 3. The zero-order valence-corrected chi connectivity index (χ0v) is 24.5. The van der Waals surface area contributed by atoms with E-state index in [0.29, 0.717) is 18.1 Å². The maximum Gasteiger partial charge on any atom is 0.573 e. The summed E-state index contributed by atoms with van der Waals surface area (Å²) in [5, 5.41) is 8.12. The molecule has 2 heterocycles. The molecule has 0 radical (unpaired) electrons. The molecule has 1 saturated heterocycles. The monoisotopic (exact) mass is 608 g/mol. The molecule has 0 bridgehead atoms. The number of hydrogen-bond donors (Lipinski definition) is 1. The van der Waals surface area contributed by atoms with Crippen molar-refractivity contribution in [3.05, 3.63) is 90.3 Å². The molecule has 1 unspecified atom stereocenters. The van der Waals surface area contributed by atoms with Crippen LogP contribution in [0, 0.1) is 5.92 Å². The number of hydrogen-bond acceptors (Lipinski definition) is 5. The molecule has 1 aromatic heterocycles. The summed E-state index contributed by atoms with van der Waals surface area (Å²) in [6.07, 6.45) is -1.57. The highest BCUT2D eigenvalue weighted by molar-refractivity contribution is 8.14. The van der Waals surface area contributed by atoms with E-state index in [0.717, 1.165) is 47.1 Å². The first-order valence-electron chi connectivity index (χ1n) is 13.9. The first-order valence-corrected chi connectivity index (χ1v) is 14.9. The number of rotatable bonds is 9. The van der Waals surface area contributed by atoms with Gasteiger partial charge < -0.3 is 15.0 Å². The van der Waals surface area contributed by atoms with Crippen LogP contribution in [0.25, 0.3) is 17.1 Å². The molecule has 8 nitrogen and oxygen atoms in total. The molecule has 1 fully saturated rings. The van der Waals surface area contributed by atoms with Gasteiger partial charge in [0, 0.05) is 30.1 Å². The van der Waals surface area contributed by atoms with Crippen LogP contribution in [0.15, 0.2) is 84.1 Å². The number of para-hydroxylation sites is 1. The minimum atomic E-state index is -4.74. The van der Waals surface area contributed by atoms with E-state index >= 15 is 0 Å². The Hall–Kier alpha value is -4.32. The zero-order valence-electron chi connectivity index (χ0n) is 23.7. The van der Waals surface area contributed by atoms with Crippen LogP contribution in [0.3, 0.4) is 0 Å². The van der Waals surface area contributed by atoms with Crippen molar-refractivity contribution in [3.63, 3.8) is 0 Å². The number of aromatic nitrogens is 3. The fourth-order valence-corrected chi connectivity index (χ4v) is 5.71. The quantitative estimate of drug-likeness (QED) is 0.223. The number of nitrogens with zero attached hydrogens (tertiary/aromatic N) is 5. The summed E-state index contributed by atoms with van der Waals surface area (Å²) in [5.41, 5.74) is 4.80. The SMILES string of the molecule is CCc1ccccc1N1CCSC1=NC(=O)NCC(C)Cc1ccc(-c2ncn(-c3ccc(OC(F)(F)F)cc3)n2)cc1. The van der Waals surface area contributed by atoms with Crippen molar-refractivity contribution in [2.24, 2.45) is 10.9 Å². The van der Waals surface area contributed by atoms with Crippen molar-refractivity contribution in [1.29, 1.82) is 0 Å². The second-order valence-corrected chi connectivity index (χ2v) is 11.2. The van der Waals surface area contributed by atoms with E-state index in [2.05, 4.69) is 56.0 Å². The van der Waals surface area contributed by atoms with Crippen molar-refractivity contribution >= 4 is 28.6 Å². The molecular formula is C31H31F3N6O2S. The predicted octanol–water partition coefficient (Wildman–Crippen LogP) is 6.89. The van der Waals surface area contributed by atoms with Crippen molar-refractivity contribution in [2.45, 2.75) is 33.1 Å². The van der Waals surface area contributed by atoms with E-state index in [1.54, 1.807) is 11.8 Å². The Labute approximate surface area is 252 Å². The average Bonchev–Trinajstić information content (AvgIpc) is 3.66. The van der Waals surface area contributed by atoms with Gasteiger partial charge in [-0.15, -0.1) is 18.3 Å². The lowest BCUT2D eigenvalue weighted by atomic mass is 10.00. The van der Waals surface area contributed by atoms with Crippen LogP contribution in [0.4, 0.5) is 23.7 Å². The molecule has 1 aliphatic rings. The molecule has 0 spiro atoms. The summed E-state index contributed by atoms with van der Waals surface area (Å²) in [4.78, 5) is 23.5. The Bertz CT molecular complexity index is 1570. The fraction of sp³-hybridized carbons (Fsp3) is 0.290. The van der Waals surface area contributed by atoms with Gasteiger partial charge >= 0.3 is 12.4 Å². The van der Waals surface area contributed by atoms with Crippen LogP contribution in [-0.4, -0.2) is 51.2 Å². The number of aliphatic imine (C=N–C) groups is 1. The molecule has 1 N–H and O–H groups in total. The predicted molar refractivity (Wildman–Crippen MR) is 163 cm³/mol. The largest absolute Gasteiger partial charge is 0.573 e. The molecule has 3 aromatic carbocycles. The normalized spacial score (nSPS) is 15.1. The van der Waals surface area contributed by atoms with Gasteiger partial charge in [-0.1, -0.05) is 68.1 Å². The lowest BCUT2D eigenvalue weighted by molar-refractivity contribution is -0.274.